The van der Waals surface area contributed by atoms with E-state index in [1.54, 1.807) is 14.2 Å². The Hall–Kier alpha value is -0.200. The van der Waals surface area contributed by atoms with E-state index in [-0.39, 0.29) is 24.7 Å². The summed E-state index contributed by atoms with van der Waals surface area (Å²) in [7, 11) is 3.34. The lowest BCUT2D eigenvalue weighted by Crippen LogP contribution is -2.54. The molecule has 98 valence electrons. The third-order valence-corrected chi connectivity index (χ3v) is 2.75. The highest BCUT2D eigenvalue weighted by molar-refractivity contribution is 4.82. The first-order chi connectivity index (χ1) is 7.58. The lowest BCUT2D eigenvalue weighted by molar-refractivity contribution is 0.0200. The average Bonchev–Trinajstić information content (AvgIpc) is 2.23. The summed E-state index contributed by atoms with van der Waals surface area (Å²) < 4.78 is 10.2. The molecule has 16 heavy (non-hydrogen) atoms. The van der Waals surface area contributed by atoms with E-state index in [0.29, 0.717) is 13.2 Å². The standard InChI is InChI=1S/C11H26N2O3/c1-9(8-16-4)13(5-6-15-3)11(7-14)10(2)12/h9-11,14H,5-8,12H2,1-4H3. The van der Waals surface area contributed by atoms with Gasteiger partial charge in [0.05, 0.1) is 19.8 Å². The topological polar surface area (TPSA) is 68.0 Å². The minimum atomic E-state index is -0.0823. The second kappa shape index (κ2) is 8.90. The van der Waals surface area contributed by atoms with Crippen molar-refractivity contribution in [1.82, 2.24) is 4.90 Å². The summed E-state index contributed by atoms with van der Waals surface area (Å²) in [6.07, 6.45) is 0. The van der Waals surface area contributed by atoms with E-state index >= 15 is 0 Å². The summed E-state index contributed by atoms with van der Waals surface area (Å²) in [5, 5.41) is 9.38. The fraction of sp³-hybridized carbons (Fsp3) is 1.00. The van der Waals surface area contributed by atoms with Crippen molar-refractivity contribution < 1.29 is 14.6 Å². The molecule has 0 saturated heterocycles. The average molecular weight is 234 g/mol. The molecule has 3 atom stereocenters. The van der Waals surface area contributed by atoms with E-state index in [1.807, 2.05) is 6.92 Å². The van der Waals surface area contributed by atoms with Crippen LogP contribution in [0.5, 0.6) is 0 Å². The quantitative estimate of drug-likeness (QED) is 0.572. The summed E-state index contributed by atoms with van der Waals surface area (Å²) >= 11 is 0. The maximum atomic E-state index is 9.38. The lowest BCUT2D eigenvalue weighted by Gasteiger charge is -2.37. The second-order valence-electron chi connectivity index (χ2n) is 4.14. The number of nitrogens with zero attached hydrogens (tertiary/aromatic N) is 1. The van der Waals surface area contributed by atoms with E-state index < -0.39 is 0 Å². The molecule has 0 radical (unpaired) electrons. The third kappa shape index (κ3) is 5.23. The molecular formula is C11H26N2O3. The predicted molar refractivity (Wildman–Crippen MR) is 64.4 cm³/mol. The Morgan fingerprint density at radius 3 is 2.25 bits per heavy atom. The Morgan fingerprint density at radius 2 is 1.88 bits per heavy atom. The number of hydrogen-bond acceptors (Lipinski definition) is 5. The molecular weight excluding hydrogens is 208 g/mol. The number of nitrogens with two attached hydrogens (primary N) is 1. The van der Waals surface area contributed by atoms with Gasteiger partial charge in [-0.15, -0.1) is 0 Å². The fourth-order valence-corrected chi connectivity index (χ4v) is 1.82. The first-order valence-electron chi connectivity index (χ1n) is 5.68. The van der Waals surface area contributed by atoms with E-state index in [1.165, 1.54) is 0 Å². The Kier molecular flexibility index (Phi) is 8.78. The number of methoxy groups -OCH3 is 2. The van der Waals surface area contributed by atoms with Gasteiger partial charge in [0.2, 0.25) is 0 Å². The van der Waals surface area contributed by atoms with Crippen LogP contribution in [0.15, 0.2) is 0 Å². The van der Waals surface area contributed by atoms with Crippen molar-refractivity contribution in [2.24, 2.45) is 5.73 Å². The zero-order chi connectivity index (χ0) is 12.6. The van der Waals surface area contributed by atoms with Gasteiger partial charge in [0.25, 0.3) is 0 Å². The molecule has 0 bridgehead atoms. The molecule has 0 saturated carbocycles. The summed E-state index contributed by atoms with van der Waals surface area (Å²) in [6.45, 7) is 6.00. The monoisotopic (exact) mass is 234 g/mol. The molecule has 0 spiro atoms. The number of rotatable bonds is 9. The Balaban J connectivity index is 4.48. The minimum absolute atomic E-state index is 0.0510. The molecule has 0 rings (SSSR count). The van der Waals surface area contributed by atoms with Crippen molar-refractivity contribution in [3.05, 3.63) is 0 Å². The first kappa shape index (κ1) is 15.8. The molecule has 0 aliphatic carbocycles. The highest BCUT2D eigenvalue weighted by Crippen LogP contribution is 2.09. The zero-order valence-corrected chi connectivity index (χ0v) is 10.8. The Bertz CT molecular complexity index is 167. The van der Waals surface area contributed by atoms with Crippen LogP contribution in [0, 0.1) is 0 Å². The molecule has 0 aromatic carbocycles. The molecule has 3 N–H and O–H groups in total. The van der Waals surface area contributed by atoms with Crippen molar-refractivity contribution in [3.8, 4) is 0 Å². The van der Waals surface area contributed by atoms with E-state index in [2.05, 4.69) is 11.8 Å². The number of aliphatic hydroxyl groups excluding tert-OH is 1. The molecule has 0 aromatic rings. The maximum Gasteiger partial charge on any atom is 0.0615 e. The number of aliphatic hydroxyl groups is 1. The molecule has 5 nitrogen and oxygen atoms in total. The van der Waals surface area contributed by atoms with Crippen molar-refractivity contribution >= 4 is 0 Å². The minimum Gasteiger partial charge on any atom is -0.395 e. The van der Waals surface area contributed by atoms with Crippen LogP contribution in [-0.4, -0.2) is 68.7 Å². The summed E-state index contributed by atoms with van der Waals surface area (Å²) in [6, 6.07) is 0.0739. The van der Waals surface area contributed by atoms with Gasteiger partial charge in [-0.3, -0.25) is 4.90 Å². The third-order valence-electron chi connectivity index (χ3n) is 2.75. The van der Waals surface area contributed by atoms with Gasteiger partial charge in [-0.05, 0) is 13.8 Å². The Morgan fingerprint density at radius 1 is 1.25 bits per heavy atom. The molecule has 0 aliphatic rings. The van der Waals surface area contributed by atoms with E-state index in [9.17, 15) is 5.11 Å². The summed E-state index contributed by atoms with van der Waals surface area (Å²) in [4.78, 5) is 2.14. The maximum absolute atomic E-state index is 9.38. The van der Waals surface area contributed by atoms with Gasteiger partial charge in [-0.1, -0.05) is 0 Å². The molecule has 0 amide bonds. The molecule has 5 heteroatoms. The number of ether oxygens (including phenoxy) is 2. The van der Waals surface area contributed by atoms with Crippen LogP contribution >= 0.6 is 0 Å². The van der Waals surface area contributed by atoms with Crippen LogP contribution < -0.4 is 5.73 Å². The summed E-state index contributed by atoms with van der Waals surface area (Å²) in [5.41, 5.74) is 5.87. The van der Waals surface area contributed by atoms with Crippen LogP contribution in [0.1, 0.15) is 13.8 Å². The number of hydrogen-bond donors (Lipinski definition) is 2. The van der Waals surface area contributed by atoms with E-state index in [4.69, 9.17) is 15.2 Å². The fourth-order valence-electron chi connectivity index (χ4n) is 1.82. The molecule has 0 aliphatic heterocycles. The van der Waals surface area contributed by atoms with Crippen LogP contribution in [0.2, 0.25) is 0 Å². The van der Waals surface area contributed by atoms with Gasteiger partial charge in [-0.2, -0.15) is 0 Å². The second-order valence-corrected chi connectivity index (χ2v) is 4.14. The summed E-state index contributed by atoms with van der Waals surface area (Å²) in [5.74, 6) is 0. The molecule has 0 fully saturated rings. The van der Waals surface area contributed by atoms with Gasteiger partial charge in [0.15, 0.2) is 0 Å². The van der Waals surface area contributed by atoms with Gasteiger partial charge in [0.1, 0.15) is 0 Å². The van der Waals surface area contributed by atoms with Crippen LogP contribution in [0.25, 0.3) is 0 Å². The molecule has 0 aromatic heterocycles. The predicted octanol–water partition coefficient (Wildman–Crippen LogP) is -0.322. The van der Waals surface area contributed by atoms with Crippen LogP contribution in [-0.2, 0) is 9.47 Å². The van der Waals surface area contributed by atoms with Crippen LogP contribution in [0.3, 0.4) is 0 Å². The van der Waals surface area contributed by atoms with Gasteiger partial charge in [0, 0.05) is 38.9 Å². The van der Waals surface area contributed by atoms with Crippen LogP contribution in [0.4, 0.5) is 0 Å². The zero-order valence-electron chi connectivity index (χ0n) is 10.8. The van der Waals surface area contributed by atoms with E-state index in [0.717, 1.165) is 6.54 Å². The van der Waals surface area contributed by atoms with Crippen molar-refractivity contribution in [2.45, 2.75) is 32.0 Å². The smallest absolute Gasteiger partial charge is 0.0615 e. The SMILES string of the molecule is COCCN(C(C)COC)C(CO)C(C)N. The van der Waals surface area contributed by atoms with Gasteiger partial charge < -0.3 is 20.3 Å². The van der Waals surface area contributed by atoms with Crippen molar-refractivity contribution in [3.63, 3.8) is 0 Å². The van der Waals surface area contributed by atoms with Crippen molar-refractivity contribution in [2.75, 3.05) is 40.6 Å². The van der Waals surface area contributed by atoms with Gasteiger partial charge >= 0.3 is 0 Å². The lowest BCUT2D eigenvalue weighted by atomic mass is 10.1. The normalized spacial score (nSPS) is 17.4. The van der Waals surface area contributed by atoms with Crippen molar-refractivity contribution in [1.29, 1.82) is 0 Å². The first-order valence-corrected chi connectivity index (χ1v) is 5.68. The molecule has 0 heterocycles. The molecule has 3 unspecified atom stereocenters. The highest BCUT2D eigenvalue weighted by atomic mass is 16.5. The van der Waals surface area contributed by atoms with Gasteiger partial charge in [-0.25, -0.2) is 0 Å². The largest absolute Gasteiger partial charge is 0.395 e. The Labute approximate surface area is 98.5 Å². The highest BCUT2D eigenvalue weighted by Gasteiger charge is 2.25.